The van der Waals surface area contributed by atoms with E-state index in [-0.39, 0.29) is 17.6 Å². The fourth-order valence-corrected chi connectivity index (χ4v) is 5.93. The Kier molecular flexibility index (Phi) is 7.22. The van der Waals surface area contributed by atoms with Crippen molar-refractivity contribution in [1.29, 1.82) is 0 Å². The maximum Gasteiger partial charge on any atom is 0.227 e. The van der Waals surface area contributed by atoms with Gasteiger partial charge in [0.15, 0.2) is 0 Å². The predicted octanol–water partition coefficient (Wildman–Crippen LogP) is 6.87. The van der Waals surface area contributed by atoms with E-state index in [1.165, 1.54) is 11.3 Å². The third-order valence-electron chi connectivity index (χ3n) is 7.81. The highest BCUT2D eigenvalue weighted by Crippen LogP contribution is 2.47. The van der Waals surface area contributed by atoms with Crippen molar-refractivity contribution in [3.63, 3.8) is 0 Å². The highest BCUT2D eigenvalue weighted by Gasteiger charge is 2.45. The molecule has 5 heteroatoms. The first-order valence-electron chi connectivity index (χ1n) is 13.5. The molecule has 1 fully saturated rings. The summed E-state index contributed by atoms with van der Waals surface area (Å²) in [6, 6.07) is 26.0. The SMILES string of the molecule is CCC(=O)N1c2ccccc2N=C2C[C@@H](c3ccc(N(CC)CC)cc3)CC(=O)[C@H]2[C@H]1c1ccccc1. The highest BCUT2D eigenvalue weighted by atomic mass is 16.2. The monoisotopic (exact) mass is 493 g/mol. The largest absolute Gasteiger partial charge is 0.372 e. The average Bonchev–Trinajstić information content (AvgIpc) is 3.09. The highest BCUT2D eigenvalue weighted by molar-refractivity contribution is 6.13. The van der Waals surface area contributed by atoms with Gasteiger partial charge < -0.3 is 9.80 Å². The number of aliphatic imine (C=N–C) groups is 1. The minimum absolute atomic E-state index is 0.000308. The van der Waals surface area contributed by atoms with Crippen LogP contribution in [-0.4, -0.2) is 30.5 Å². The summed E-state index contributed by atoms with van der Waals surface area (Å²) in [5, 5.41) is 0. The van der Waals surface area contributed by atoms with Crippen molar-refractivity contribution in [1.82, 2.24) is 0 Å². The summed E-state index contributed by atoms with van der Waals surface area (Å²) in [6.45, 7) is 8.12. The van der Waals surface area contributed by atoms with E-state index < -0.39 is 12.0 Å². The Balaban J connectivity index is 1.58. The molecule has 1 amide bonds. The van der Waals surface area contributed by atoms with Gasteiger partial charge in [-0.25, -0.2) is 0 Å². The number of hydrogen-bond donors (Lipinski definition) is 0. The lowest BCUT2D eigenvalue weighted by Gasteiger charge is -2.39. The van der Waals surface area contributed by atoms with Crippen molar-refractivity contribution >= 4 is 34.5 Å². The van der Waals surface area contributed by atoms with Gasteiger partial charge in [0.2, 0.25) is 5.91 Å². The molecule has 0 spiro atoms. The summed E-state index contributed by atoms with van der Waals surface area (Å²) in [4.78, 5) is 36.7. The molecule has 1 heterocycles. The maximum absolute atomic E-state index is 14.0. The van der Waals surface area contributed by atoms with Gasteiger partial charge in [-0.05, 0) is 61.6 Å². The molecule has 3 aromatic rings. The first-order valence-corrected chi connectivity index (χ1v) is 13.5. The Morgan fingerprint density at radius 1 is 0.865 bits per heavy atom. The minimum atomic E-state index is -0.462. The number of para-hydroxylation sites is 2. The molecule has 3 aromatic carbocycles. The van der Waals surface area contributed by atoms with Crippen LogP contribution in [0.3, 0.4) is 0 Å². The summed E-state index contributed by atoms with van der Waals surface area (Å²) >= 11 is 0. The van der Waals surface area contributed by atoms with Crippen molar-refractivity contribution in [3.05, 3.63) is 90.0 Å². The molecule has 0 saturated heterocycles. The molecular weight excluding hydrogens is 458 g/mol. The lowest BCUT2D eigenvalue weighted by atomic mass is 9.72. The van der Waals surface area contributed by atoms with Crippen LogP contribution < -0.4 is 9.80 Å². The number of Topliss-reactive ketones (excluding diaryl/α,β-unsaturated/α-hetero) is 1. The fraction of sp³-hybridized carbons (Fsp3) is 0.344. The van der Waals surface area contributed by atoms with Crippen molar-refractivity contribution in [3.8, 4) is 0 Å². The molecule has 0 N–H and O–H groups in total. The number of nitrogens with zero attached hydrogens (tertiary/aromatic N) is 3. The number of ketones is 1. The van der Waals surface area contributed by atoms with Crippen molar-refractivity contribution in [2.24, 2.45) is 10.9 Å². The Labute approximate surface area is 219 Å². The molecule has 0 radical (unpaired) electrons. The molecule has 3 atom stereocenters. The van der Waals surface area contributed by atoms with E-state index in [9.17, 15) is 9.59 Å². The molecule has 1 aliphatic heterocycles. The minimum Gasteiger partial charge on any atom is -0.372 e. The van der Waals surface area contributed by atoms with Crippen LogP contribution in [0, 0.1) is 5.92 Å². The molecule has 37 heavy (non-hydrogen) atoms. The van der Waals surface area contributed by atoms with Crippen LogP contribution in [0.1, 0.15) is 63.1 Å². The van der Waals surface area contributed by atoms with E-state index in [1.807, 2.05) is 66.4 Å². The second-order valence-corrected chi connectivity index (χ2v) is 9.88. The molecule has 0 aromatic heterocycles. The number of benzene rings is 3. The number of amides is 1. The van der Waals surface area contributed by atoms with Crippen molar-refractivity contribution in [2.75, 3.05) is 22.9 Å². The van der Waals surface area contributed by atoms with Crippen LogP contribution in [0.4, 0.5) is 17.1 Å². The van der Waals surface area contributed by atoms with Gasteiger partial charge in [-0.15, -0.1) is 0 Å². The second kappa shape index (κ2) is 10.7. The summed E-state index contributed by atoms with van der Waals surface area (Å²) in [7, 11) is 0. The molecule has 190 valence electrons. The van der Waals surface area contributed by atoms with Gasteiger partial charge in [-0.1, -0.05) is 61.5 Å². The van der Waals surface area contributed by atoms with Crippen LogP contribution >= 0.6 is 0 Å². The molecule has 5 rings (SSSR count). The van der Waals surface area contributed by atoms with Gasteiger partial charge in [0, 0.05) is 37.3 Å². The van der Waals surface area contributed by atoms with Gasteiger partial charge in [0.1, 0.15) is 5.78 Å². The zero-order valence-electron chi connectivity index (χ0n) is 21.9. The average molecular weight is 494 g/mol. The zero-order valence-corrected chi connectivity index (χ0v) is 21.9. The zero-order chi connectivity index (χ0) is 25.9. The quantitative estimate of drug-likeness (QED) is 0.377. The third kappa shape index (κ3) is 4.71. The van der Waals surface area contributed by atoms with Crippen LogP contribution in [-0.2, 0) is 9.59 Å². The Morgan fingerprint density at radius 3 is 2.22 bits per heavy atom. The van der Waals surface area contributed by atoms with E-state index in [4.69, 9.17) is 4.99 Å². The second-order valence-electron chi connectivity index (χ2n) is 9.88. The van der Waals surface area contributed by atoms with Crippen molar-refractivity contribution < 1.29 is 9.59 Å². The van der Waals surface area contributed by atoms with E-state index in [1.54, 1.807) is 0 Å². The number of carbonyl (C=O) groups is 2. The number of rotatable bonds is 6. The van der Waals surface area contributed by atoms with Gasteiger partial charge in [-0.2, -0.15) is 0 Å². The molecule has 0 bridgehead atoms. The Hall–Kier alpha value is -3.73. The van der Waals surface area contributed by atoms with Gasteiger partial charge >= 0.3 is 0 Å². The van der Waals surface area contributed by atoms with Crippen LogP contribution in [0.15, 0.2) is 83.9 Å². The number of fused-ring (bicyclic) bond motifs is 2. The maximum atomic E-state index is 14.0. The first kappa shape index (κ1) is 24.9. The fourth-order valence-electron chi connectivity index (χ4n) is 5.93. The van der Waals surface area contributed by atoms with Crippen molar-refractivity contribution in [2.45, 2.75) is 52.0 Å². The molecule has 1 saturated carbocycles. The lowest BCUT2D eigenvalue weighted by molar-refractivity contribution is -0.123. The van der Waals surface area contributed by atoms with Gasteiger partial charge in [0.25, 0.3) is 0 Å². The standard InChI is InChI=1S/C32H35N3O2/c1-4-30(37)35-28-15-11-10-14-26(28)33-27-20-24(22-16-18-25(19-17-22)34(5-2)6-3)21-29(36)31(27)32(35)23-12-8-7-9-13-23/h7-19,24,31-32H,4-6,20-21H2,1-3H3/t24-,31+,32-/m1/s1. The molecular formula is C32H35N3O2. The lowest BCUT2D eigenvalue weighted by Crippen LogP contribution is -2.45. The summed E-state index contributed by atoms with van der Waals surface area (Å²) in [6.07, 6.45) is 1.50. The number of hydrogen-bond acceptors (Lipinski definition) is 4. The molecule has 2 aliphatic rings. The Bertz CT molecular complexity index is 1300. The number of carbonyl (C=O) groups excluding carboxylic acids is 2. The van der Waals surface area contributed by atoms with Crippen LogP contribution in [0.5, 0.6) is 0 Å². The topological polar surface area (TPSA) is 53.0 Å². The Morgan fingerprint density at radius 2 is 1.54 bits per heavy atom. The molecule has 0 unspecified atom stereocenters. The predicted molar refractivity (Wildman–Crippen MR) is 151 cm³/mol. The number of anilines is 2. The van der Waals surface area contributed by atoms with E-state index >= 15 is 0 Å². The summed E-state index contributed by atoms with van der Waals surface area (Å²) < 4.78 is 0. The smallest absolute Gasteiger partial charge is 0.227 e. The van der Waals surface area contributed by atoms with E-state index in [2.05, 4.69) is 43.0 Å². The summed E-state index contributed by atoms with van der Waals surface area (Å²) in [5.74, 6) is -0.236. The third-order valence-corrected chi connectivity index (χ3v) is 7.81. The summed E-state index contributed by atoms with van der Waals surface area (Å²) in [5.41, 5.74) is 5.75. The van der Waals surface area contributed by atoms with Gasteiger partial charge in [-0.3, -0.25) is 14.6 Å². The molecule has 5 nitrogen and oxygen atoms in total. The van der Waals surface area contributed by atoms with Crippen LogP contribution in [0.2, 0.25) is 0 Å². The normalized spacial score (nSPS) is 20.9. The first-order chi connectivity index (χ1) is 18.0. The van der Waals surface area contributed by atoms with E-state index in [0.29, 0.717) is 19.3 Å². The van der Waals surface area contributed by atoms with Gasteiger partial charge in [0.05, 0.1) is 23.3 Å². The van der Waals surface area contributed by atoms with E-state index in [0.717, 1.165) is 35.7 Å². The molecule has 1 aliphatic carbocycles. The van der Waals surface area contributed by atoms with Crippen LogP contribution in [0.25, 0.3) is 0 Å².